The molecule has 2 heterocycles. The monoisotopic (exact) mass is 530 g/mol. The normalized spacial score (nSPS) is 15.7. The van der Waals surface area contributed by atoms with Crippen LogP contribution in [0.5, 0.6) is 0 Å². The van der Waals surface area contributed by atoms with Crippen LogP contribution < -0.4 is 10.2 Å². The number of rotatable bonds is 3. The molecule has 1 aliphatic rings. The molecule has 1 aliphatic heterocycles. The number of furan rings is 1. The van der Waals surface area contributed by atoms with Gasteiger partial charge < -0.3 is 4.42 Å². The molecule has 0 atom stereocenters. The summed E-state index contributed by atoms with van der Waals surface area (Å²) < 4.78 is 7.64. The van der Waals surface area contributed by atoms with Gasteiger partial charge in [-0.3, -0.25) is 19.8 Å². The zero-order valence-corrected chi connectivity index (χ0v) is 18.7. The molecule has 0 unspecified atom stereocenters. The summed E-state index contributed by atoms with van der Waals surface area (Å²) in [6, 6.07) is 18.2. The summed E-state index contributed by atoms with van der Waals surface area (Å²) in [5.41, 5.74) is 1.39. The molecule has 0 bridgehead atoms. The molecular formula is C21H12Br2N2O3S. The van der Waals surface area contributed by atoms with E-state index in [1.54, 1.807) is 36.4 Å². The average Bonchev–Trinajstić information content (AvgIpc) is 3.16. The minimum Gasteiger partial charge on any atom is -0.457 e. The minimum absolute atomic E-state index is 0.0365. The van der Waals surface area contributed by atoms with Crippen LogP contribution in [0.2, 0.25) is 0 Å². The Morgan fingerprint density at radius 2 is 1.52 bits per heavy atom. The smallest absolute Gasteiger partial charge is 0.270 e. The van der Waals surface area contributed by atoms with Crippen LogP contribution >= 0.6 is 44.1 Å². The number of hydrogen-bond donors (Lipinski definition) is 1. The van der Waals surface area contributed by atoms with Crippen molar-refractivity contribution in [3.8, 4) is 11.3 Å². The molecule has 29 heavy (non-hydrogen) atoms. The third kappa shape index (κ3) is 4.10. The highest BCUT2D eigenvalue weighted by molar-refractivity contribution is 9.10. The molecule has 4 rings (SSSR count). The van der Waals surface area contributed by atoms with Gasteiger partial charge in [-0.25, -0.2) is 0 Å². The molecule has 144 valence electrons. The van der Waals surface area contributed by atoms with Crippen molar-refractivity contribution in [1.82, 2.24) is 5.32 Å². The van der Waals surface area contributed by atoms with E-state index in [0.717, 1.165) is 14.5 Å². The van der Waals surface area contributed by atoms with E-state index in [9.17, 15) is 9.59 Å². The van der Waals surface area contributed by atoms with Crippen molar-refractivity contribution in [2.75, 3.05) is 4.90 Å². The first-order valence-corrected chi connectivity index (χ1v) is 10.4. The molecule has 1 fully saturated rings. The lowest BCUT2D eigenvalue weighted by Crippen LogP contribution is -2.54. The number of anilines is 1. The Morgan fingerprint density at radius 3 is 2.17 bits per heavy atom. The van der Waals surface area contributed by atoms with Crippen molar-refractivity contribution < 1.29 is 14.0 Å². The first kappa shape index (κ1) is 19.8. The number of hydrogen-bond acceptors (Lipinski definition) is 4. The first-order chi connectivity index (χ1) is 13.9. The molecule has 1 aromatic heterocycles. The predicted octanol–water partition coefficient (Wildman–Crippen LogP) is 5.30. The quantitative estimate of drug-likeness (QED) is 0.283. The lowest BCUT2D eigenvalue weighted by molar-refractivity contribution is -0.122. The number of thiocarbonyl (C=S) groups is 1. The summed E-state index contributed by atoms with van der Waals surface area (Å²) >= 11 is 12.0. The maximum Gasteiger partial charge on any atom is 0.270 e. The fourth-order valence-electron chi connectivity index (χ4n) is 2.82. The van der Waals surface area contributed by atoms with Crippen molar-refractivity contribution in [3.05, 3.63) is 80.9 Å². The van der Waals surface area contributed by atoms with Gasteiger partial charge in [0.15, 0.2) is 5.11 Å². The SMILES string of the molecule is O=C1NC(=S)N(c2ccc(Br)cc2)C(=O)/C1=C\c1ccc(-c2ccc(Br)cc2)o1. The number of amides is 2. The van der Waals surface area contributed by atoms with Crippen LogP contribution in [-0.2, 0) is 9.59 Å². The summed E-state index contributed by atoms with van der Waals surface area (Å²) in [5, 5.41) is 2.60. The van der Waals surface area contributed by atoms with E-state index in [2.05, 4.69) is 37.2 Å². The maximum absolute atomic E-state index is 13.0. The molecule has 3 aromatic rings. The molecule has 0 spiro atoms. The van der Waals surface area contributed by atoms with Crippen LogP contribution in [0.3, 0.4) is 0 Å². The highest BCUT2D eigenvalue weighted by Gasteiger charge is 2.34. The molecular weight excluding hydrogens is 520 g/mol. The number of halogens is 2. The number of carbonyl (C=O) groups is 2. The van der Waals surface area contributed by atoms with E-state index < -0.39 is 11.8 Å². The molecule has 0 saturated carbocycles. The van der Waals surface area contributed by atoms with E-state index in [0.29, 0.717) is 17.2 Å². The van der Waals surface area contributed by atoms with E-state index in [4.69, 9.17) is 16.6 Å². The van der Waals surface area contributed by atoms with E-state index in [1.165, 1.54) is 11.0 Å². The standard InChI is InChI=1S/C21H12Br2N2O3S/c22-13-3-1-12(2-4-13)18-10-9-16(28-18)11-17-19(26)24-21(29)25(20(17)27)15-7-5-14(23)6-8-15/h1-11H,(H,24,26,29)/b17-11-. The Morgan fingerprint density at radius 1 is 0.897 bits per heavy atom. The first-order valence-electron chi connectivity index (χ1n) is 8.45. The lowest BCUT2D eigenvalue weighted by atomic mass is 10.1. The Kier molecular flexibility index (Phi) is 5.49. The molecule has 2 amide bonds. The van der Waals surface area contributed by atoms with Crippen molar-refractivity contribution in [1.29, 1.82) is 0 Å². The summed E-state index contributed by atoms with van der Waals surface area (Å²) in [6.07, 6.45) is 1.42. The molecule has 1 N–H and O–H groups in total. The van der Waals surface area contributed by atoms with Crippen molar-refractivity contribution in [3.63, 3.8) is 0 Å². The zero-order valence-electron chi connectivity index (χ0n) is 14.7. The van der Waals surface area contributed by atoms with Crippen LogP contribution in [0.4, 0.5) is 5.69 Å². The van der Waals surface area contributed by atoms with Gasteiger partial charge >= 0.3 is 0 Å². The summed E-state index contributed by atoms with van der Waals surface area (Å²) in [4.78, 5) is 26.7. The predicted molar refractivity (Wildman–Crippen MR) is 122 cm³/mol. The van der Waals surface area contributed by atoms with Gasteiger partial charge in [-0.2, -0.15) is 0 Å². The van der Waals surface area contributed by atoms with Crippen LogP contribution in [0.1, 0.15) is 5.76 Å². The molecule has 8 heteroatoms. The Bertz CT molecular complexity index is 1150. The number of carbonyl (C=O) groups excluding carboxylic acids is 2. The van der Waals surface area contributed by atoms with Gasteiger partial charge in [-0.05, 0) is 66.8 Å². The van der Waals surface area contributed by atoms with Crippen molar-refractivity contribution in [2.45, 2.75) is 0 Å². The number of nitrogens with zero attached hydrogens (tertiary/aromatic N) is 1. The van der Waals surface area contributed by atoms with Crippen LogP contribution in [-0.4, -0.2) is 16.9 Å². The molecule has 0 radical (unpaired) electrons. The average molecular weight is 532 g/mol. The van der Waals surface area contributed by atoms with E-state index in [-0.39, 0.29) is 10.7 Å². The Labute approximate surface area is 188 Å². The fraction of sp³-hybridized carbons (Fsp3) is 0. The van der Waals surface area contributed by atoms with Gasteiger partial charge in [0.1, 0.15) is 17.1 Å². The van der Waals surface area contributed by atoms with Crippen molar-refractivity contribution >= 4 is 72.8 Å². The van der Waals surface area contributed by atoms with Crippen LogP contribution in [0, 0.1) is 0 Å². The van der Waals surface area contributed by atoms with Crippen LogP contribution in [0.25, 0.3) is 17.4 Å². The molecule has 1 saturated heterocycles. The molecule has 0 aliphatic carbocycles. The second-order valence-electron chi connectivity index (χ2n) is 6.14. The van der Waals surface area contributed by atoms with E-state index in [1.807, 2.05) is 24.3 Å². The van der Waals surface area contributed by atoms with Crippen molar-refractivity contribution in [2.24, 2.45) is 0 Å². The highest BCUT2D eigenvalue weighted by atomic mass is 79.9. The minimum atomic E-state index is -0.560. The van der Waals surface area contributed by atoms with Crippen LogP contribution in [0.15, 0.2) is 79.6 Å². The Hall–Kier alpha value is -2.55. The fourth-order valence-corrected chi connectivity index (χ4v) is 3.63. The summed E-state index contributed by atoms with van der Waals surface area (Å²) in [5.74, 6) is -0.0455. The van der Waals surface area contributed by atoms with Gasteiger partial charge in [0.05, 0.1) is 5.69 Å². The van der Waals surface area contributed by atoms with Gasteiger partial charge in [0.2, 0.25) is 0 Å². The maximum atomic E-state index is 13.0. The molecule has 5 nitrogen and oxygen atoms in total. The highest BCUT2D eigenvalue weighted by Crippen LogP contribution is 2.27. The van der Waals surface area contributed by atoms with Gasteiger partial charge in [0.25, 0.3) is 11.8 Å². The second-order valence-corrected chi connectivity index (χ2v) is 8.36. The van der Waals surface area contributed by atoms with E-state index >= 15 is 0 Å². The largest absolute Gasteiger partial charge is 0.457 e. The number of nitrogens with one attached hydrogen (secondary N) is 1. The van der Waals surface area contributed by atoms with Gasteiger partial charge in [0, 0.05) is 14.5 Å². The third-order valence-corrected chi connectivity index (χ3v) is 5.57. The zero-order chi connectivity index (χ0) is 20.5. The van der Waals surface area contributed by atoms with Gasteiger partial charge in [-0.15, -0.1) is 0 Å². The third-order valence-electron chi connectivity index (χ3n) is 4.23. The Balaban J connectivity index is 1.66. The number of benzene rings is 2. The second kappa shape index (κ2) is 8.06. The lowest BCUT2D eigenvalue weighted by Gasteiger charge is -2.28. The summed E-state index contributed by atoms with van der Waals surface area (Å²) in [7, 11) is 0. The van der Waals surface area contributed by atoms with Gasteiger partial charge in [-0.1, -0.05) is 44.0 Å². The summed E-state index contributed by atoms with van der Waals surface area (Å²) in [6.45, 7) is 0. The molecule has 2 aromatic carbocycles. The topological polar surface area (TPSA) is 62.6 Å².